The van der Waals surface area contributed by atoms with Gasteiger partial charge in [0.05, 0.1) is 28.1 Å². The van der Waals surface area contributed by atoms with Crippen molar-refractivity contribution in [3.8, 4) is 11.5 Å². The van der Waals surface area contributed by atoms with E-state index in [1.807, 2.05) is 49.4 Å². The topological polar surface area (TPSA) is 72.9 Å². The van der Waals surface area contributed by atoms with Gasteiger partial charge in [0.25, 0.3) is 11.1 Å². The molecule has 0 N–H and O–H groups in total. The molecule has 1 aliphatic heterocycles. The highest BCUT2D eigenvalue weighted by atomic mass is 79.9. The van der Waals surface area contributed by atoms with Gasteiger partial charge in [0, 0.05) is 5.02 Å². The van der Waals surface area contributed by atoms with E-state index in [0.717, 1.165) is 28.1 Å². The summed E-state index contributed by atoms with van der Waals surface area (Å²) in [5.41, 5.74) is 1.80. The lowest BCUT2D eigenvalue weighted by Gasteiger charge is -2.14. The average Bonchev–Trinajstić information content (AvgIpc) is 3.18. The summed E-state index contributed by atoms with van der Waals surface area (Å²) in [5, 5.41) is 2.31. The molecule has 2 amide bonds. The normalized spacial score (nSPS) is 14.3. The molecule has 0 bridgehead atoms. The van der Waals surface area contributed by atoms with Gasteiger partial charge < -0.3 is 9.47 Å². The lowest BCUT2D eigenvalue weighted by Crippen LogP contribution is -2.27. The van der Waals surface area contributed by atoms with Crippen LogP contribution in [0.15, 0.2) is 88.2 Å². The van der Waals surface area contributed by atoms with E-state index in [9.17, 15) is 14.4 Å². The van der Waals surface area contributed by atoms with Crippen LogP contribution in [0.3, 0.4) is 0 Å². The molecule has 0 spiro atoms. The summed E-state index contributed by atoms with van der Waals surface area (Å²) in [5.74, 6) is -0.421. The Labute approximate surface area is 242 Å². The van der Waals surface area contributed by atoms with E-state index in [1.54, 1.807) is 42.5 Å². The van der Waals surface area contributed by atoms with Crippen molar-refractivity contribution in [3.63, 3.8) is 0 Å². The molecule has 4 aromatic rings. The van der Waals surface area contributed by atoms with Crippen LogP contribution in [-0.2, 0) is 11.3 Å². The van der Waals surface area contributed by atoms with Gasteiger partial charge in [0.2, 0.25) is 0 Å². The van der Waals surface area contributed by atoms with E-state index < -0.39 is 5.97 Å². The first-order valence-corrected chi connectivity index (χ1v) is 14.0. The minimum atomic E-state index is -0.573. The molecule has 6 nitrogen and oxygen atoms in total. The first-order chi connectivity index (χ1) is 18.8. The molecule has 1 aliphatic rings. The van der Waals surface area contributed by atoms with Gasteiger partial charge in [0.15, 0.2) is 11.5 Å². The Balaban J connectivity index is 1.38. The third kappa shape index (κ3) is 6.03. The van der Waals surface area contributed by atoms with Crippen LogP contribution in [-0.4, -0.2) is 28.6 Å². The number of carbonyl (C=O) groups excluding carboxylic acids is 3. The third-order valence-corrected chi connectivity index (χ3v) is 7.68. The predicted molar refractivity (Wildman–Crippen MR) is 157 cm³/mol. The van der Waals surface area contributed by atoms with Gasteiger partial charge >= 0.3 is 5.97 Å². The predicted octanol–water partition coefficient (Wildman–Crippen LogP) is 8.11. The van der Waals surface area contributed by atoms with Crippen LogP contribution in [0.25, 0.3) is 16.8 Å². The number of benzene rings is 4. The molecular formula is C30H21BrClNO5S. The van der Waals surface area contributed by atoms with Gasteiger partial charge in [-0.2, -0.15) is 0 Å². The van der Waals surface area contributed by atoms with Crippen LogP contribution in [0.2, 0.25) is 5.02 Å². The molecule has 0 saturated carbocycles. The highest BCUT2D eigenvalue weighted by Gasteiger charge is 2.35. The number of hydrogen-bond donors (Lipinski definition) is 0. The summed E-state index contributed by atoms with van der Waals surface area (Å²) in [6.45, 7) is 2.31. The number of imide groups is 1. The maximum atomic E-state index is 13.2. The van der Waals surface area contributed by atoms with Gasteiger partial charge in [-0.25, -0.2) is 4.79 Å². The van der Waals surface area contributed by atoms with Crippen molar-refractivity contribution in [2.24, 2.45) is 0 Å². The Bertz CT molecular complexity index is 1640. The summed E-state index contributed by atoms with van der Waals surface area (Å²) in [6, 6.07) is 23.5. The van der Waals surface area contributed by atoms with E-state index >= 15 is 0 Å². The standard InChI is InChI=1S/C30H21BrClNO5S/c1-2-37-25-15-19(14-24(31)27(25)38-29(35)21-9-11-23(32)12-10-21)16-26-28(34)33(30(36)39-26)17-18-7-8-20-5-3-4-6-22(20)13-18/h3-16H,2,17H2,1H3/b26-16-. The molecule has 0 radical (unpaired) electrons. The molecule has 9 heteroatoms. The number of amides is 2. The zero-order valence-electron chi connectivity index (χ0n) is 20.6. The molecule has 4 aromatic carbocycles. The summed E-state index contributed by atoms with van der Waals surface area (Å²) >= 11 is 10.3. The SMILES string of the molecule is CCOc1cc(/C=C2\SC(=O)N(Cc3ccc4ccccc4c3)C2=O)cc(Br)c1OC(=O)c1ccc(Cl)cc1. The number of rotatable bonds is 7. The Morgan fingerprint density at radius 3 is 2.49 bits per heavy atom. The van der Waals surface area contributed by atoms with Gasteiger partial charge in [0.1, 0.15) is 0 Å². The van der Waals surface area contributed by atoms with Crippen LogP contribution in [0.5, 0.6) is 11.5 Å². The van der Waals surface area contributed by atoms with Crippen molar-refractivity contribution >= 4 is 73.3 Å². The lowest BCUT2D eigenvalue weighted by molar-refractivity contribution is -0.123. The molecule has 1 heterocycles. The molecule has 39 heavy (non-hydrogen) atoms. The summed E-state index contributed by atoms with van der Waals surface area (Å²) in [7, 11) is 0. The molecule has 0 unspecified atom stereocenters. The molecule has 196 valence electrons. The second kappa shape index (κ2) is 11.7. The fourth-order valence-corrected chi connectivity index (χ4v) is 5.58. The van der Waals surface area contributed by atoms with Gasteiger partial charge in [-0.15, -0.1) is 0 Å². The molecule has 0 aliphatic carbocycles. The number of nitrogens with zero attached hydrogens (tertiary/aromatic N) is 1. The fourth-order valence-electron chi connectivity index (χ4n) is 4.08. The zero-order valence-corrected chi connectivity index (χ0v) is 23.8. The second-order valence-corrected chi connectivity index (χ2v) is 10.9. The summed E-state index contributed by atoms with van der Waals surface area (Å²) in [6.07, 6.45) is 1.63. The smallest absolute Gasteiger partial charge is 0.343 e. The molecule has 0 aromatic heterocycles. The Hall–Kier alpha value is -3.59. The van der Waals surface area contributed by atoms with Gasteiger partial charge in [-0.3, -0.25) is 14.5 Å². The van der Waals surface area contributed by atoms with E-state index in [-0.39, 0.29) is 23.4 Å². The van der Waals surface area contributed by atoms with Crippen molar-refractivity contribution < 1.29 is 23.9 Å². The Morgan fingerprint density at radius 1 is 1.00 bits per heavy atom. The van der Waals surface area contributed by atoms with E-state index in [2.05, 4.69) is 15.9 Å². The third-order valence-electron chi connectivity index (χ3n) is 5.93. The summed E-state index contributed by atoms with van der Waals surface area (Å²) < 4.78 is 11.8. The average molecular weight is 623 g/mol. The molecule has 5 rings (SSSR count). The van der Waals surface area contributed by atoms with Crippen LogP contribution in [0.1, 0.15) is 28.4 Å². The minimum absolute atomic E-state index is 0.181. The van der Waals surface area contributed by atoms with E-state index in [0.29, 0.717) is 37.9 Å². The van der Waals surface area contributed by atoms with Crippen molar-refractivity contribution in [2.45, 2.75) is 13.5 Å². The number of thioether (sulfide) groups is 1. The number of carbonyl (C=O) groups is 3. The monoisotopic (exact) mass is 621 g/mol. The van der Waals surface area contributed by atoms with Crippen molar-refractivity contribution in [1.82, 2.24) is 4.90 Å². The zero-order chi connectivity index (χ0) is 27.5. The quantitative estimate of drug-likeness (QED) is 0.118. The van der Waals surface area contributed by atoms with Gasteiger partial charge in [-0.05, 0) is 105 Å². The Kier molecular flexibility index (Phi) is 8.07. The van der Waals surface area contributed by atoms with Crippen molar-refractivity contribution in [2.75, 3.05) is 6.61 Å². The van der Waals surface area contributed by atoms with Crippen LogP contribution < -0.4 is 9.47 Å². The first-order valence-electron chi connectivity index (χ1n) is 12.0. The number of esters is 1. The lowest BCUT2D eigenvalue weighted by atomic mass is 10.1. The first kappa shape index (κ1) is 27.0. The Morgan fingerprint density at radius 2 is 1.74 bits per heavy atom. The maximum Gasteiger partial charge on any atom is 0.343 e. The van der Waals surface area contributed by atoms with Crippen molar-refractivity contribution in [3.05, 3.63) is 110 Å². The number of fused-ring (bicyclic) bond motifs is 1. The fraction of sp³-hybridized carbons (Fsp3) is 0.100. The number of ether oxygens (including phenoxy) is 2. The highest BCUT2D eigenvalue weighted by Crippen LogP contribution is 2.40. The van der Waals surface area contributed by atoms with E-state index in [1.165, 1.54) is 4.90 Å². The minimum Gasteiger partial charge on any atom is -0.490 e. The molecule has 0 atom stereocenters. The highest BCUT2D eigenvalue weighted by molar-refractivity contribution is 9.10. The molecular weight excluding hydrogens is 602 g/mol. The molecule has 1 saturated heterocycles. The largest absolute Gasteiger partial charge is 0.490 e. The van der Waals surface area contributed by atoms with E-state index in [4.69, 9.17) is 21.1 Å². The maximum absolute atomic E-state index is 13.2. The van der Waals surface area contributed by atoms with Crippen molar-refractivity contribution in [1.29, 1.82) is 0 Å². The van der Waals surface area contributed by atoms with Gasteiger partial charge in [-0.1, -0.05) is 48.0 Å². The number of hydrogen-bond acceptors (Lipinski definition) is 6. The van der Waals surface area contributed by atoms with Crippen LogP contribution in [0, 0.1) is 0 Å². The molecule has 1 fully saturated rings. The van der Waals surface area contributed by atoms with Crippen LogP contribution in [0.4, 0.5) is 4.79 Å². The second-order valence-electron chi connectivity index (χ2n) is 8.61. The summed E-state index contributed by atoms with van der Waals surface area (Å²) in [4.78, 5) is 40.1. The van der Waals surface area contributed by atoms with Crippen LogP contribution >= 0.6 is 39.3 Å². The number of halogens is 2.